The lowest BCUT2D eigenvalue weighted by Crippen LogP contribution is -2.42. The second-order valence-electron chi connectivity index (χ2n) is 5.30. The van der Waals surface area contributed by atoms with E-state index in [4.69, 9.17) is 9.47 Å². The maximum atomic E-state index is 12.1. The van der Waals surface area contributed by atoms with Crippen molar-refractivity contribution in [1.82, 2.24) is 4.90 Å². The Labute approximate surface area is 148 Å². The van der Waals surface area contributed by atoms with Gasteiger partial charge in [-0.25, -0.2) is 9.59 Å². The van der Waals surface area contributed by atoms with Gasteiger partial charge in [0.2, 0.25) is 5.91 Å². The average Bonchev–Trinajstić information content (AvgIpc) is 2.98. The van der Waals surface area contributed by atoms with Gasteiger partial charge in [-0.1, -0.05) is 0 Å². The van der Waals surface area contributed by atoms with E-state index < -0.39 is 35.2 Å². The first-order chi connectivity index (χ1) is 11.8. The average molecular weight is 367 g/mol. The van der Waals surface area contributed by atoms with Gasteiger partial charge in [0.15, 0.2) is 0 Å². The third-order valence-corrected chi connectivity index (χ3v) is 4.91. The van der Waals surface area contributed by atoms with E-state index in [0.717, 1.165) is 0 Å². The van der Waals surface area contributed by atoms with Crippen molar-refractivity contribution in [3.05, 3.63) is 29.3 Å². The molecule has 1 saturated heterocycles. The molecule has 25 heavy (non-hydrogen) atoms. The van der Waals surface area contributed by atoms with Crippen LogP contribution in [-0.4, -0.2) is 52.7 Å². The molecule has 2 rings (SSSR count). The van der Waals surface area contributed by atoms with Crippen molar-refractivity contribution in [2.24, 2.45) is 0 Å². The van der Waals surface area contributed by atoms with Crippen LogP contribution in [0.2, 0.25) is 0 Å². The number of hydrogen-bond donors (Lipinski definition) is 1. The molecule has 2 unspecified atom stereocenters. The Morgan fingerprint density at radius 3 is 2.44 bits per heavy atom. The van der Waals surface area contributed by atoms with Gasteiger partial charge in [0.25, 0.3) is 0 Å². The van der Waals surface area contributed by atoms with Crippen LogP contribution in [0.3, 0.4) is 0 Å². The van der Waals surface area contributed by atoms with Gasteiger partial charge >= 0.3 is 17.9 Å². The lowest BCUT2D eigenvalue weighted by atomic mass is 10.1. The van der Waals surface area contributed by atoms with Crippen LogP contribution in [0, 0.1) is 0 Å². The van der Waals surface area contributed by atoms with E-state index in [-0.39, 0.29) is 17.1 Å². The summed E-state index contributed by atoms with van der Waals surface area (Å²) in [5.41, 5.74) is 0.530. The minimum absolute atomic E-state index is 0.174. The number of thioether (sulfide) groups is 1. The number of hydrogen-bond acceptors (Lipinski definition) is 7. The molecule has 0 saturated carbocycles. The highest BCUT2D eigenvalue weighted by molar-refractivity contribution is 7.99. The van der Waals surface area contributed by atoms with Crippen molar-refractivity contribution in [3.63, 3.8) is 0 Å². The Balaban J connectivity index is 2.53. The number of carboxylic acid groups (broad SMARTS) is 1. The first-order valence-electron chi connectivity index (χ1n) is 7.30. The van der Waals surface area contributed by atoms with Crippen LogP contribution in [0.4, 0.5) is 0 Å². The second kappa shape index (κ2) is 7.56. The van der Waals surface area contributed by atoms with E-state index in [1.807, 2.05) is 0 Å². The minimum atomic E-state index is -1.12. The van der Waals surface area contributed by atoms with E-state index in [1.165, 1.54) is 55.8 Å². The molecule has 9 heteroatoms. The van der Waals surface area contributed by atoms with Crippen molar-refractivity contribution >= 4 is 35.6 Å². The molecule has 0 radical (unpaired) electrons. The zero-order valence-corrected chi connectivity index (χ0v) is 14.7. The monoisotopic (exact) mass is 367 g/mol. The summed E-state index contributed by atoms with van der Waals surface area (Å²) < 4.78 is 9.78. The Kier molecular flexibility index (Phi) is 5.68. The molecule has 1 aromatic carbocycles. The van der Waals surface area contributed by atoms with Crippen LogP contribution in [0.25, 0.3) is 0 Å². The quantitative estimate of drug-likeness (QED) is 0.629. The summed E-state index contributed by atoms with van der Waals surface area (Å²) >= 11 is 1.21. The van der Waals surface area contributed by atoms with Crippen LogP contribution in [0.1, 0.15) is 35.1 Å². The number of rotatable bonds is 4. The molecular formula is C16H17NO7S. The molecule has 1 heterocycles. The summed E-state index contributed by atoms with van der Waals surface area (Å²) in [4.78, 5) is 47.8. The number of methoxy groups -OCH3 is 1. The predicted molar refractivity (Wildman–Crippen MR) is 88.2 cm³/mol. The molecule has 1 amide bonds. The standard InChI is InChI=1S/C16H17NO7S/c1-8(18)17-13(15(20)21)7-25-14(17)12-6-10(24-9(2)19)4-5-11(12)16(22)23-3/h4-6,13-14H,7H2,1-3H3,(H,20,21). The highest BCUT2D eigenvalue weighted by Gasteiger charge is 2.42. The Morgan fingerprint density at radius 2 is 1.92 bits per heavy atom. The maximum Gasteiger partial charge on any atom is 0.338 e. The maximum absolute atomic E-state index is 12.1. The topological polar surface area (TPSA) is 110 Å². The normalized spacial score (nSPS) is 19.4. The largest absolute Gasteiger partial charge is 0.480 e. The van der Waals surface area contributed by atoms with Gasteiger partial charge in [0.1, 0.15) is 17.2 Å². The van der Waals surface area contributed by atoms with Crippen LogP contribution >= 0.6 is 11.8 Å². The smallest absolute Gasteiger partial charge is 0.338 e. The molecule has 8 nitrogen and oxygen atoms in total. The molecular weight excluding hydrogens is 350 g/mol. The summed E-state index contributed by atoms with van der Waals surface area (Å²) in [7, 11) is 1.22. The molecule has 1 aliphatic rings. The minimum Gasteiger partial charge on any atom is -0.480 e. The Morgan fingerprint density at radius 1 is 1.24 bits per heavy atom. The van der Waals surface area contributed by atoms with Gasteiger partial charge in [-0.2, -0.15) is 0 Å². The number of ether oxygens (including phenoxy) is 2. The summed E-state index contributed by atoms with van der Waals surface area (Å²) in [5, 5.41) is 8.62. The second-order valence-corrected chi connectivity index (χ2v) is 6.41. The van der Waals surface area contributed by atoms with Crippen LogP contribution in [-0.2, 0) is 19.1 Å². The zero-order chi connectivity index (χ0) is 18.7. The van der Waals surface area contributed by atoms with E-state index >= 15 is 0 Å². The Hall–Kier alpha value is -2.55. The van der Waals surface area contributed by atoms with Crippen molar-refractivity contribution in [1.29, 1.82) is 0 Å². The number of carbonyl (C=O) groups is 4. The third-order valence-electron chi connectivity index (χ3n) is 3.61. The summed E-state index contributed by atoms with van der Waals surface area (Å²) in [6.45, 7) is 2.50. The molecule has 1 N–H and O–H groups in total. The van der Waals surface area contributed by atoms with Gasteiger partial charge in [0, 0.05) is 25.2 Å². The van der Waals surface area contributed by atoms with Crippen molar-refractivity contribution in [3.8, 4) is 5.75 Å². The molecule has 0 bridgehead atoms. The fourth-order valence-electron chi connectivity index (χ4n) is 2.59. The number of carbonyl (C=O) groups excluding carboxylic acids is 3. The lowest BCUT2D eigenvalue weighted by Gasteiger charge is -2.27. The number of nitrogens with zero attached hydrogens (tertiary/aromatic N) is 1. The summed E-state index contributed by atoms with van der Waals surface area (Å²) in [5.74, 6) is -2.36. The van der Waals surface area contributed by atoms with E-state index in [0.29, 0.717) is 5.56 Å². The molecule has 0 aliphatic carbocycles. The number of amides is 1. The van der Waals surface area contributed by atoms with Gasteiger partial charge in [0.05, 0.1) is 12.7 Å². The molecule has 134 valence electrons. The lowest BCUT2D eigenvalue weighted by molar-refractivity contribution is -0.148. The van der Waals surface area contributed by atoms with Crippen LogP contribution in [0.15, 0.2) is 18.2 Å². The molecule has 1 aromatic rings. The van der Waals surface area contributed by atoms with Crippen LogP contribution in [0.5, 0.6) is 5.75 Å². The Bertz CT molecular complexity index is 733. The van der Waals surface area contributed by atoms with Gasteiger partial charge in [-0.15, -0.1) is 11.8 Å². The highest BCUT2D eigenvalue weighted by atomic mass is 32.2. The summed E-state index contributed by atoms with van der Waals surface area (Å²) in [6.07, 6.45) is 0. The van der Waals surface area contributed by atoms with E-state index in [9.17, 15) is 24.3 Å². The fraction of sp³-hybridized carbons (Fsp3) is 0.375. The highest BCUT2D eigenvalue weighted by Crippen LogP contribution is 2.43. The van der Waals surface area contributed by atoms with Crippen molar-refractivity contribution in [2.45, 2.75) is 25.3 Å². The number of benzene rings is 1. The molecule has 0 aromatic heterocycles. The number of esters is 2. The van der Waals surface area contributed by atoms with E-state index in [2.05, 4.69) is 0 Å². The molecule has 1 fully saturated rings. The molecule has 1 aliphatic heterocycles. The van der Waals surface area contributed by atoms with Crippen LogP contribution < -0.4 is 4.74 Å². The summed E-state index contributed by atoms with van der Waals surface area (Å²) in [6, 6.07) is 3.30. The number of aliphatic carboxylic acids is 1. The molecule has 0 spiro atoms. The third kappa shape index (κ3) is 3.93. The van der Waals surface area contributed by atoms with E-state index in [1.54, 1.807) is 0 Å². The van der Waals surface area contributed by atoms with Crippen molar-refractivity contribution in [2.75, 3.05) is 12.9 Å². The zero-order valence-electron chi connectivity index (χ0n) is 13.8. The number of carboxylic acids is 1. The predicted octanol–water partition coefficient (Wildman–Crippen LogP) is 1.45. The van der Waals surface area contributed by atoms with Gasteiger partial charge < -0.3 is 19.5 Å². The van der Waals surface area contributed by atoms with Gasteiger partial charge in [-0.3, -0.25) is 9.59 Å². The van der Waals surface area contributed by atoms with Gasteiger partial charge in [-0.05, 0) is 18.2 Å². The SMILES string of the molecule is COC(=O)c1ccc(OC(C)=O)cc1C1SCC(C(=O)O)N1C(C)=O. The first kappa shape index (κ1) is 18.8. The van der Waals surface area contributed by atoms with Crippen molar-refractivity contribution < 1.29 is 33.8 Å². The fourth-order valence-corrected chi connectivity index (χ4v) is 4.09. The first-order valence-corrected chi connectivity index (χ1v) is 8.35. The molecule has 2 atom stereocenters.